The molecule has 118 valence electrons. The van der Waals surface area contributed by atoms with Crippen LogP contribution in [0.3, 0.4) is 0 Å². The highest BCUT2D eigenvalue weighted by Gasteiger charge is 2.17. The highest BCUT2D eigenvalue weighted by molar-refractivity contribution is 5.81. The zero-order valence-corrected chi connectivity index (χ0v) is 12.7. The molecule has 1 amide bonds. The predicted octanol–water partition coefficient (Wildman–Crippen LogP) is 1.04. The number of hydrogen-bond donors (Lipinski definition) is 2. The van der Waals surface area contributed by atoms with Crippen LogP contribution in [0, 0.1) is 0 Å². The number of rotatable bonds is 5. The van der Waals surface area contributed by atoms with E-state index in [-0.39, 0.29) is 11.5 Å². The first-order valence-electron chi connectivity index (χ1n) is 7.38. The second kappa shape index (κ2) is 6.43. The van der Waals surface area contributed by atoms with Crippen LogP contribution in [0.1, 0.15) is 18.5 Å². The third-order valence-electron chi connectivity index (χ3n) is 3.75. The first-order valence-corrected chi connectivity index (χ1v) is 7.38. The van der Waals surface area contributed by atoms with E-state index in [1.807, 2.05) is 6.07 Å². The summed E-state index contributed by atoms with van der Waals surface area (Å²) in [4.78, 5) is 28.9. The van der Waals surface area contributed by atoms with E-state index in [1.165, 1.54) is 10.9 Å². The number of aromatic nitrogens is 4. The molecule has 2 heterocycles. The van der Waals surface area contributed by atoms with Gasteiger partial charge in [-0.2, -0.15) is 5.10 Å². The van der Waals surface area contributed by atoms with Crippen LogP contribution in [-0.4, -0.2) is 32.2 Å². The number of nitrogens with one attached hydrogen (secondary N) is 2. The molecule has 7 heteroatoms. The lowest BCUT2D eigenvalue weighted by molar-refractivity contribution is -0.123. The number of carbonyl (C=O) groups excluding carboxylic acids is 1. The standard InChI is InChI=1S/C16H17N5O2/c1-11(15(22)17-7-6-12-8-19-20-9-12)21-10-18-14-5-3-2-4-13(14)16(21)23/h2-5,8-11H,6-7H2,1H3,(H,17,22)(H,19,20). The van der Waals surface area contributed by atoms with Gasteiger partial charge in [-0.25, -0.2) is 4.98 Å². The number of para-hydroxylation sites is 1. The first kappa shape index (κ1) is 15.0. The van der Waals surface area contributed by atoms with Gasteiger partial charge in [-0.05, 0) is 31.0 Å². The number of aromatic amines is 1. The lowest BCUT2D eigenvalue weighted by Gasteiger charge is -2.15. The molecule has 0 aliphatic heterocycles. The fraction of sp³-hybridized carbons (Fsp3) is 0.250. The summed E-state index contributed by atoms with van der Waals surface area (Å²) < 4.78 is 1.36. The molecule has 0 fully saturated rings. The SMILES string of the molecule is CC(C(=O)NCCc1cn[nH]c1)n1cnc2ccccc2c1=O. The summed E-state index contributed by atoms with van der Waals surface area (Å²) in [5.74, 6) is -0.215. The van der Waals surface area contributed by atoms with E-state index in [0.29, 0.717) is 23.9 Å². The average molecular weight is 311 g/mol. The lowest BCUT2D eigenvalue weighted by Crippen LogP contribution is -2.36. The number of carbonyl (C=O) groups is 1. The molecule has 0 saturated carbocycles. The molecule has 1 aromatic carbocycles. The monoisotopic (exact) mass is 311 g/mol. The van der Waals surface area contributed by atoms with Crippen LogP contribution in [0.5, 0.6) is 0 Å². The van der Waals surface area contributed by atoms with Crippen LogP contribution in [0.15, 0.2) is 47.8 Å². The van der Waals surface area contributed by atoms with E-state index < -0.39 is 6.04 Å². The molecule has 0 bridgehead atoms. The second-order valence-corrected chi connectivity index (χ2v) is 5.30. The molecule has 3 rings (SSSR count). The van der Waals surface area contributed by atoms with Gasteiger partial charge in [-0.3, -0.25) is 19.3 Å². The van der Waals surface area contributed by atoms with E-state index in [4.69, 9.17) is 0 Å². The summed E-state index contributed by atoms with van der Waals surface area (Å²) in [5, 5.41) is 9.91. The molecule has 7 nitrogen and oxygen atoms in total. The third-order valence-corrected chi connectivity index (χ3v) is 3.75. The molecule has 23 heavy (non-hydrogen) atoms. The van der Waals surface area contributed by atoms with Crippen molar-refractivity contribution in [2.45, 2.75) is 19.4 Å². The molecule has 0 aliphatic carbocycles. The van der Waals surface area contributed by atoms with Crippen molar-refractivity contribution in [3.8, 4) is 0 Å². The van der Waals surface area contributed by atoms with E-state index in [1.54, 1.807) is 37.5 Å². The number of hydrogen-bond acceptors (Lipinski definition) is 4. The number of amides is 1. The van der Waals surface area contributed by atoms with Gasteiger partial charge >= 0.3 is 0 Å². The van der Waals surface area contributed by atoms with Crippen LogP contribution >= 0.6 is 0 Å². The van der Waals surface area contributed by atoms with Crippen molar-refractivity contribution in [2.75, 3.05) is 6.54 Å². The Hall–Kier alpha value is -2.96. The Kier molecular flexibility index (Phi) is 4.18. The summed E-state index contributed by atoms with van der Waals surface area (Å²) in [6.07, 6.45) is 5.60. The maximum absolute atomic E-state index is 12.5. The zero-order chi connectivity index (χ0) is 16.2. The molecule has 0 radical (unpaired) electrons. The highest BCUT2D eigenvalue weighted by atomic mass is 16.2. The largest absolute Gasteiger partial charge is 0.354 e. The molecule has 0 saturated heterocycles. The number of fused-ring (bicyclic) bond motifs is 1. The highest BCUT2D eigenvalue weighted by Crippen LogP contribution is 2.08. The Morgan fingerprint density at radius 2 is 2.22 bits per heavy atom. The lowest BCUT2D eigenvalue weighted by atomic mass is 10.2. The molecule has 1 unspecified atom stereocenters. The van der Waals surface area contributed by atoms with Crippen LogP contribution in [0.25, 0.3) is 10.9 Å². The van der Waals surface area contributed by atoms with Gasteiger partial charge in [-0.1, -0.05) is 12.1 Å². The Bertz CT molecular complexity index is 870. The fourth-order valence-electron chi connectivity index (χ4n) is 2.38. The quantitative estimate of drug-likeness (QED) is 0.736. The van der Waals surface area contributed by atoms with Gasteiger partial charge in [-0.15, -0.1) is 0 Å². The minimum atomic E-state index is -0.621. The van der Waals surface area contributed by atoms with E-state index >= 15 is 0 Å². The predicted molar refractivity (Wildman–Crippen MR) is 86.0 cm³/mol. The summed E-state index contributed by atoms with van der Waals surface area (Å²) in [6, 6.07) is 6.47. The van der Waals surface area contributed by atoms with Crippen LogP contribution in [0.4, 0.5) is 0 Å². The van der Waals surface area contributed by atoms with Gasteiger partial charge < -0.3 is 5.32 Å². The van der Waals surface area contributed by atoms with Crippen molar-refractivity contribution in [3.63, 3.8) is 0 Å². The molecule has 0 spiro atoms. The van der Waals surface area contributed by atoms with Gasteiger partial charge in [0.25, 0.3) is 5.56 Å². The maximum atomic E-state index is 12.5. The molecule has 1 atom stereocenters. The summed E-state index contributed by atoms with van der Waals surface area (Å²) in [5.41, 5.74) is 1.43. The number of H-pyrrole nitrogens is 1. The molecular weight excluding hydrogens is 294 g/mol. The van der Waals surface area contributed by atoms with Crippen LogP contribution in [-0.2, 0) is 11.2 Å². The Labute approximate surface area is 132 Å². The topological polar surface area (TPSA) is 92.7 Å². The van der Waals surface area contributed by atoms with Gasteiger partial charge in [0.2, 0.25) is 5.91 Å². The fourth-order valence-corrected chi connectivity index (χ4v) is 2.38. The molecule has 3 aromatic rings. The average Bonchev–Trinajstić information content (AvgIpc) is 3.08. The molecular formula is C16H17N5O2. The Balaban J connectivity index is 1.72. The van der Waals surface area contributed by atoms with Gasteiger partial charge in [0, 0.05) is 12.7 Å². The number of nitrogens with zero attached hydrogens (tertiary/aromatic N) is 3. The van der Waals surface area contributed by atoms with E-state index in [0.717, 1.165) is 5.56 Å². The normalized spacial score (nSPS) is 12.2. The number of benzene rings is 1. The Morgan fingerprint density at radius 1 is 1.39 bits per heavy atom. The summed E-state index contributed by atoms with van der Waals surface area (Å²) in [6.45, 7) is 2.17. The summed E-state index contributed by atoms with van der Waals surface area (Å²) >= 11 is 0. The second-order valence-electron chi connectivity index (χ2n) is 5.30. The van der Waals surface area contributed by atoms with E-state index in [9.17, 15) is 9.59 Å². The molecule has 2 N–H and O–H groups in total. The minimum absolute atomic E-state index is 0.215. The third kappa shape index (κ3) is 3.13. The smallest absolute Gasteiger partial charge is 0.261 e. The van der Waals surface area contributed by atoms with Gasteiger partial charge in [0.05, 0.1) is 23.4 Å². The van der Waals surface area contributed by atoms with Crippen molar-refractivity contribution >= 4 is 16.8 Å². The van der Waals surface area contributed by atoms with E-state index in [2.05, 4.69) is 20.5 Å². The molecule has 2 aromatic heterocycles. The summed E-state index contributed by atoms with van der Waals surface area (Å²) in [7, 11) is 0. The first-order chi connectivity index (χ1) is 11.2. The van der Waals surface area contributed by atoms with Gasteiger partial charge in [0.15, 0.2) is 0 Å². The van der Waals surface area contributed by atoms with Crippen molar-refractivity contribution in [3.05, 3.63) is 58.9 Å². The van der Waals surface area contributed by atoms with Crippen molar-refractivity contribution in [1.82, 2.24) is 25.1 Å². The zero-order valence-electron chi connectivity index (χ0n) is 12.7. The van der Waals surface area contributed by atoms with Crippen molar-refractivity contribution in [2.24, 2.45) is 0 Å². The van der Waals surface area contributed by atoms with Crippen molar-refractivity contribution < 1.29 is 4.79 Å². The van der Waals surface area contributed by atoms with Crippen LogP contribution in [0.2, 0.25) is 0 Å². The van der Waals surface area contributed by atoms with Crippen LogP contribution < -0.4 is 10.9 Å². The van der Waals surface area contributed by atoms with Gasteiger partial charge in [0.1, 0.15) is 6.04 Å². The minimum Gasteiger partial charge on any atom is -0.354 e. The molecule has 0 aliphatic rings. The Morgan fingerprint density at radius 3 is 3.00 bits per heavy atom. The van der Waals surface area contributed by atoms with Crippen molar-refractivity contribution in [1.29, 1.82) is 0 Å². The maximum Gasteiger partial charge on any atom is 0.261 e.